The van der Waals surface area contributed by atoms with E-state index in [0.29, 0.717) is 0 Å². The summed E-state index contributed by atoms with van der Waals surface area (Å²) < 4.78 is 5.14. The van der Waals surface area contributed by atoms with Crippen LogP contribution in [0.25, 0.3) is 0 Å². The van der Waals surface area contributed by atoms with E-state index in [-0.39, 0.29) is 0 Å². The highest BCUT2D eigenvalue weighted by molar-refractivity contribution is 5.27. The Morgan fingerprint density at radius 2 is 2.23 bits per heavy atom. The molecule has 0 spiro atoms. The van der Waals surface area contributed by atoms with Crippen molar-refractivity contribution in [2.45, 2.75) is 26.7 Å². The van der Waals surface area contributed by atoms with Crippen molar-refractivity contribution in [3.05, 3.63) is 29.8 Å². The van der Waals surface area contributed by atoms with E-state index in [2.05, 4.69) is 26.0 Å². The van der Waals surface area contributed by atoms with Crippen molar-refractivity contribution in [2.24, 2.45) is 5.92 Å². The summed E-state index contributed by atoms with van der Waals surface area (Å²) in [7, 11) is 1.70. The standard InChI is InChI=1S/C12H17O/c1-10(2)7-8-11-5-4-6-12(9-11)13-3/h4,6,9-10H,7-8H2,1-3H3. The molecule has 0 saturated carbocycles. The van der Waals surface area contributed by atoms with Crippen LogP contribution < -0.4 is 4.74 Å². The van der Waals surface area contributed by atoms with Gasteiger partial charge in [-0.2, -0.15) is 0 Å². The van der Waals surface area contributed by atoms with Crippen molar-refractivity contribution in [1.29, 1.82) is 0 Å². The van der Waals surface area contributed by atoms with Gasteiger partial charge in [0.2, 0.25) is 0 Å². The normalized spacial score (nSPS) is 10.5. The second-order valence-electron chi connectivity index (χ2n) is 3.69. The van der Waals surface area contributed by atoms with E-state index in [9.17, 15) is 0 Å². The number of methoxy groups -OCH3 is 1. The molecule has 1 aromatic rings. The predicted octanol–water partition coefficient (Wildman–Crippen LogP) is 3.08. The summed E-state index contributed by atoms with van der Waals surface area (Å²) in [6, 6.07) is 9.13. The van der Waals surface area contributed by atoms with Crippen LogP contribution in [0.4, 0.5) is 0 Å². The summed E-state index contributed by atoms with van der Waals surface area (Å²) in [6.45, 7) is 4.47. The zero-order chi connectivity index (χ0) is 9.68. The maximum Gasteiger partial charge on any atom is 0.119 e. The molecule has 0 unspecified atom stereocenters. The molecule has 0 bridgehead atoms. The molecular formula is C12H17O. The molecular weight excluding hydrogens is 160 g/mol. The van der Waals surface area contributed by atoms with E-state index in [1.54, 1.807) is 7.11 Å². The summed E-state index contributed by atoms with van der Waals surface area (Å²) in [5.74, 6) is 1.68. The van der Waals surface area contributed by atoms with Gasteiger partial charge >= 0.3 is 0 Å². The number of hydrogen-bond acceptors (Lipinski definition) is 1. The minimum atomic E-state index is 0.750. The third kappa shape index (κ3) is 3.49. The van der Waals surface area contributed by atoms with Crippen LogP contribution in [0.1, 0.15) is 25.8 Å². The average molecular weight is 177 g/mol. The molecule has 0 aliphatic heterocycles. The van der Waals surface area contributed by atoms with Gasteiger partial charge in [-0.3, -0.25) is 0 Å². The molecule has 0 aromatic heterocycles. The first kappa shape index (κ1) is 10.1. The zero-order valence-electron chi connectivity index (χ0n) is 8.63. The molecule has 0 saturated heterocycles. The lowest BCUT2D eigenvalue weighted by atomic mass is 10.0. The van der Waals surface area contributed by atoms with Crippen molar-refractivity contribution in [2.75, 3.05) is 7.11 Å². The molecule has 0 fully saturated rings. The lowest BCUT2D eigenvalue weighted by Gasteiger charge is -2.05. The SMILES string of the molecule is COc1cc[c]c(CCC(C)C)c1. The number of hydrogen-bond donors (Lipinski definition) is 0. The first-order chi connectivity index (χ1) is 6.22. The van der Waals surface area contributed by atoms with E-state index in [0.717, 1.165) is 18.1 Å². The third-order valence-corrected chi connectivity index (χ3v) is 2.06. The summed E-state index contributed by atoms with van der Waals surface area (Å²) in [5, 5.41) is 0. The monoisotopic (exact) mass is 177 g/mol. The van der Waals surface area contributed by atoms with Crippen LogP contribution in [0.15, 0.2) is 18.2 Å². The number of benzene rings is 1. The average Bonchev–Trinajstić information content (AvgIpc) is 2.15. The molecule has 1 aromatic carbocycles. The largest absolute Gasteiger partial charge is 0.497 e. The molecule has 1 radical (unpaired) electrons. The van der Waals surface area contributed by atoms with E-state index in [4.69, 9.17) is 4.74 Å². The minimum absolute atomic E-state index is 0.750. The Balaban J connectivity index is 2.56. The van der Waals surface area contributed by atoms with Gasteiger partial charge < -0.3 is 4.74 Å². The highest BCUT2D eigenvalue weighted by Crippen LogP contribution is 2.15. The van der Waals surface area contributed by atoms with Gasteiger partial charge in [0.05, 0.1) is 7.11 Å². The summed E-state index contributed by atoms with van der Waals surface area (Å²) >= 11 is 0. The number of aryl methyl sites for hydroxylation is 1. The molecule has 0 heterocycles. The Bertz CT molecular complexity index is 253. The van der Waals surface area contributed by atoms with E-state index in [1.807, 2.05) is 12.1 Å². The van der Waals surface area contributed by atoms with Gasteiger partial charge in [0.25, 0.3) is 0 Å². The Labute approximate surface area is 80.7 Å². The third-order valence-electron chi connectivity index (χ3n) is 2.06. The van der Waals surface area contributed by atoms with Gasteiger partial charge in [-0.05, 0) is 42.5 Å². The Hall–Kier alpha value is -0.980. The second kappa shape index (κ2) is 4.90. The Morgan fingerprint density at radius 3 is 2.85 bits per heavy atom. The highest BCUT2D eigenvalue weighted by Gasteiger charge is 1.98. The molecule has 0 N–H and O–H groups in total. The minimum Gasteiger partial charge on any atom is -0.497 e. The number of ether oxygens (including phenoxy) is 1. The molecule has 1 rings (SSSR count). The van der Waals surface area contributed by atoms with E-state index >= 15 is 0 Å². The maximum atomic E-state index is 5.14. The first-order valence-electron chi connectivity index (χ1n) is 4.77. The quantitative estimate of drug-likeness (QED) is 0.686. The van der Waals surface area contributed by atoms with Crippen molar-refractivity contribution < 1.29 is 4.74 Å². The van der Waals surface area contributed by atoms with Crippen LogP contribution in [0.5, 0.6) is 5.75 Å². The van der Waals surface area contributed by atoms with Crippen molar-refractivity contribution in [3.63, 3.8) is 0 Å². The Morgan fingerprint density at radius 1 is 1.46 bits per heavy atom. The van der Waals surface area contributed by atoms with E-state index in [1.165, 1.54) is 12.0 Å². The van der Waals surface area contributed by atoms with Crippen LogP contribution in [-0.4, -0.2) is 7.11 Å². The molecule has 0 amide bonds. The fraction of sp³-hybridized carbons (Fsp3) is 0.500. The van der Waals surface area contributed by atoms with Gasteiger partial charge in [-0.15, -0.1) is 0 Å². The van der Waals surface area contributed by atoms with Gasteiger partial charge in [0.15, 0.2) is 0 Å². The first-order valence-corrected chi connectivity index (χ1v) is 4.77. The van der Waals surface area contributed by atoms with Crippen molar-refractivity contribution >= 4 is 0 Å². The summed E-state index contributed by atoms with van der Waals surface area (Å²) in [6.07, 6.45) is 2.30. The molecule has 1 heteroatoms. The molecule has 1 nitrogen and oxygen atoms in total. The second-order valence-corrected chi connectivity index (χ2v) is 3.69. The van der Waals surface area contributed by atoms with Crippen LogP contribution in [0, 0.1) is 12.0 Å². The van der Waals surface area contributed by atoms with Gasteiger partial charge in [-0.1, -0.05) is 19.9 Å². The Kier molecular flexibility index (Phi) is 3.81. The van der Waals surface area contributed by atoms with Gasteiger partial charge in [0.1, 0.15) is 5.75 Å². The topological polar surface area (TPSA) is 9.23 Å². The number of rotatable bonds is 4. The lowest BCUT2D eigenvalue weighted by Crippen LogP contribution is -1.93. The summed E-state index contributed by atoms with van der Waals surface area (Å²) in [5.41, 5.74) is 1.24. The lowest BCUT2D eigenvalue weighted by molar-refractivity contribution is 0.414. The molecule has 71 valence electrons. The predicted molar refractivity (Wildman–Crippen MR) is 55.0 cm³/mol. The van der Waals surface area contributed by atoms with Crippen molar-refractivity contribution in [3.8, 4) is 5.75 Å². The van der Waals surface area contributed by atoms with Crippen LogP contribution >= 0.6 is 0 Å². The highest BCUT2D eigenvalue weighted by atomic mass is 16.5. The van der Waals surface area contributed by atoms with Crippen LogP contribution in [0.3, 0.4) is 0 Å². The van der Waals surface area contributed by atoms with E-state index < -0.39 is 0 Å². The molecule has 13 heavy (non-hydrogen) atoms. The van der Waals surface area contributed by atoms with Crippen LogP contribution in [0.2, 0.25) is 0 Å². The van der Waals surface area contributed by atoms with Gasteiger partial charge in [0, 0.05) is 0 Å². The zero-order valence-corrected chi connectivity index (χ0v) is 8.63. The fourth-order valence-corrected chi connectivity index (χ4v) is 1.21. The molecule has 0 atom stereocenters. The molecule has 0 aliphatic rings. The fourth-order valence-electron chi connectivity index (χ4n) is 1.21. The molecule has 0 aliphatic carbocycles. The summed E-state index contributed by atoms with van der Waals surface area (Å²) in [4.78, 5) is 0. The van der Waals surface area contributed by atoms with Crippen molar-refractivity contribution in [1.82, 2.24) is 0 Å². The van der Waals surface area contributed by atoms with Gasteiger partial charge in [-0.25, -0.2) is 0 Å². The van der Waals surface area contributed by atoms with Crippen LogP contribution in [-0.2, 0) is 6.42 Å². The maximum absolute atomic E-state index is 5.14. The smallest absolute Gasteiger partial charge is 0.119 e.